The molecule has 0 saturated heterocycles. The van der Waals surface area contributed by atoms with E-state index in [9.17, 15) is 9.59 Å². The summed E-state index contributed by atoms with van der Waals surface area (Å²) in [4.78, 5) is 27.1. The Hall–Kier alpha value is -5.12. The fraction of sp³-hybridized carbons (Fsp3) is 0.0769. The molecule has 2 amide bonds. The normalized spacial score (nSPS) is 11.6. The quantitative estimate of drug-likeness (QED) is 0.347. The lowest BCUT2D eigenvalue weighted by Crippen LogP contribution is -2.45. The monoisotopic (exact) mass is 478 g/mol. The summed E-state index contributed by atoms with van der Waals surface area (Å²) in [6.07, 6.45) is 3.30. The lowest BCUT2D eigenvalue weighted by molar-refractivity contribution is -0.124. The van der Waals surface area contributed by atoms with E-state index in [-0.39, 0.29) is 0 Å². The molecule has 0 fully saturated rings. The van der Waals surface area contributed by atoms with E-state index in [0.29, 0.717) is 17.9 Å². The summed E-state index contributed by atoms with van der Waals surface area (Å²) in [6, 6.07) is 26.8. The van der Waals surface area contributed by atoms with E-state index in [0.717, 1.165) is 16.7 Å². The fourth-order valence-electron chi connectivity index (χ4n) is 3.69. The number of rotatable bonds is 7. The van der Waals surface area contributed by atoms with Crippen LogP contribution in [0.15, 0.2) is 103 Å². The average Bonchev–Trinajstić information content (AvgIpc) is 3.62. The van der Waals surface area contributed by atoms with Gasteiger partial charge < -0.3 is 0 Å². The third-order valence-electron chi connectivity index (χ3n) is 5.48. The molecule has 2 N–H and O–H groups in total. The molecule has 5 aromatic rings. The van der Waals surface area contributed by atoms with E-state index >= 15 is 0 Å². The molecular formula is C26H22N8O2. The summed E-state index contributed by atoms with van der Waals surface area (Å²) in [5.41, 5.74) is 7.92. The second-order valence-corrected chi connectivity index (χ2v) is 7.95. The van der Waals surface area contributed by atoms with E-state index in [1.165, 1.54) is 9.48 Å². The Morgan fingerprint density at radius 1 is 0.833 bits per heavy atom. The molecule has 0 spiro atoms. The molecule has 0 aliphatic heterocycles. The van der Waals surface area contributed by atoms with Crippen molar-refractivity contribution in [1.82, 2.24) is 40.8 Å². The van der Waals surface area contributed by atoms with Crippen molar-refractivity contribution in [2.45, 2.75) is 12.6 Å². The lowest BCUT2D eigenvalue weighted by atomic mass is 10.1. The Morgan fingerprint density at radius 2 is 1.56 bits per heavy atom. The van der Waals surface area contributed by atoms with Crippen LogP contribution in [0.5, 0.6) is 0 Å². The zero-order valence-corrected chi connectivity index (χ0v) is 19.1. The van der Waals surface area contributed by atoms with E-state index in [1.54, 1.807) is 42.7 Å². The van der Waals surface area contributed by atoms with Crippen molar-refractivity contribution in [3.05, 3.63) is 120 Å². The maximum Gasteiger partial charge on any atom is 0.269 e. The first-order valence-corrected chi connectivity index (χ1v) is 11.2. The second-order valence-electron chi connectivity index (χ2n) is 7.95. The molecule has 2 heterocycles. The lowest BCUT2D eigenvalue weighted by Gasteiger charge is -2.18. The highest BCUT2D eigenvalue weighted by atomic mass is 16.2. The number of benzene rings is 3. The largest absolute Gasteiger partial charge is 0.270 e. The molecule has 0 radical (unpaired) electrons. The topological polar surface area (TPSA) is 120 Å². The van der Waals surface area contributed by atoms with Gasteiger partial charge in [0.05, 0.1) is 6.54 Å². The number of amides is 2. The van der Waals surface area contributed by atoms with Gasteiger partial charge in [0, 0.05) is 23.5 Å². The molecule has 10 heteroatoms. The van der Waals surface area contributed by atoms with E-state index in [1.807, 2.05) is 60.7 Å². The summed E-state index contributed by atoms with van der Waals surface area (Å²) >= 11 is 0. The summed E-state index contributed by atoms with van der Waals surface area (Å²) in [6.45, 7) is 0.404. The summed E-state index contributed by atoms with van der Waals surface area (Å²) in [7, 11) is 0. The molecule has 10 nitrogen and oxygen atoms in total. The van der Waals surface area contributed by atoms with Crippen LogP contribution in [-0.4, -0.2) is 41.8 Å². The molecule has 178 valence electrons. The highest BCUT2D eigenvalue weighted by molar-refractivity contribution is 5.96. The van der Waals surface area contributed by atoms with Crippen molar-refractivity contribution >= 4 is 11.8 Å². The van der Waals surface area contributed by atoms with Crippen LogP contribution in [0.3, 0.4) is 0 Å². The van der Waals surface area contributed by atoms with Gasteiger partial charge in [-0.2, -0.15) is 9.90 Å². The summed E-state index contributed by atoms with van der Waals surface area (Å²) in [5, 5.41) is 16.8. The van der Waals surface area contributed by atoms with Crippen LogP contribution in [0.4, 0.5) is 0 Å². The van der Waals surface area contributed by atoms with Gasteiger partial charge in [-0.25, -0.2) is 0 Å². The smallest absolute Gasteiger partial charge is 0.269 e. The average molecular weight is 479 g/mol. The van der Waals surface area contributed by atoms with Crippen LogP contribution in [0.2, 0.25) is 0 Å². The first-order chi connectivity index (χ1) is 17.7. The van der Waals surface area contributed by atoms with Gasteiger partial charge in [-0.05, 0) is 34.5 Å². The number of nitrogens with zero attached hydrogens (tertiary/aromatic N) is 6. The minimum Gasteiger partial charge on any atom is -0.270 e. The van der Waals surface area contributed by atoms with E-state index in [2.05, 4.69) is 31.4 Å². The summed E-state index contributed by atoms with van der Waals surface area (Å²) in [5.74, 6) is -0.306. The zero-order valence-electron chi connectivity index (χ0n) is 19.1. The number of aromatic nitrogens is 6. The van der Waals surface area contributed by atoms with Crippen molar-refractivity contribution < 1.29 is 9.59 Å². The molecule has 1 atom stereocenters. The van der Waals surface area contributed by atoms with E-state index in [4.69, 9.17) is 0 Å². The molecule has 5 rings (SSSR count). The third-order valence-corrected chi connectivity index (χ3v) is 5.48. The second kappa shape index (κ2) is 10.4. The standard InChI is InChI=1S/C26H22N8O2/c35-25(29-30-26(36)23(33-17-7-16-27-33)20-8-3-1-4-9-20)22-14-12-19(13-15-22)18-34-31-24(28-32-34)21-10-5-2-6-11-21/h1-17,23H,18H2,(H,29,35)(H,30,36). The van der Waals surface area contributed by atoms with Crippen LogP contribution in [-0.2, 0) is 11.3 Å². The number of tetrazole rings is 1. The number of nitrogens with one attached hydrogen (secondary N) is 2. The van der Waals surface area contributed by atoms with Gasteiger partial charge in [-0.15, -0.1) is 10.2 Å². The van der Waals surface area contributed by atoms with Gasteiger partial charge in [-0.1, -0.05) is 72.8 Å². The Morgan fingerprint density at radius 3 is 2.25 bits per heavy atom. The predicted molar refractivity (Wildman–Crippen MR) is 131 cm³/mol. The van der Waals surface area contributed by atoms with Crippen LogP contribution < -0.4 is 10.9 Å². The Labute approximate surface area is 206 Å². The summed E-state index contributed by atoms with van der Waals surface area (Å²) < 4.78 is 1.53. The SMILES string of the molecule is O=C(NNC(=O)C(c1ccccc1)n1cccn1)c1ccc(Cn2nnc(-c3ccccc3)n2)cc1. The first-order valence-electron chi connectivity index (χ1n) is 11.2. The number of hydrogen-bond donors (Lipinski definition) is 2. The van der Waals surface area contributed by atoms with Gasteiger partial charge in [0.25, 0.3) is 11.8 Å². The maximum atomic E-state index is 12.9. The predicted octanol–water partition coefficient (Wildman–Crippen LogP) is 2.64. The number of carbonyl (C=O) groups is 2. The van der Waals surface area contributed by atoms with Crippen LogP contribution >= 0.6 is 0 Å². The van der Waals surface area contributed by atoms with Crippen LogP contribution in [0.1, 0.15) is 27.5 Å². The van der Waals surface area contributed by atoms with Crippen molar-refractivity contribution in [2.24, 2.45) is 0 Å². The Bertz CT molecular complexity index is 1430. The van der Waals surface area contributed by atoms with Gasteiger partial charge >= 0.3 is 0 Å². The van der Waals surface area contributed by atoms with Gasteiger partial charge in [0.2, 0.25) is 5.82 Å². The van der Waals surface area contributed by atoms with Crippen LogP contribution in [0.25, 0.3) is 11.4 Å². The van der Waals surface area contributed by atoms with Crippen molar-refractivity contribution in [1.29, 1.82) is 0 Å². The van der Waals surface area contributed by atoms with E-state index < -0.39 is 17.9 Å². The van der Waals surface area contributed by atoms with Gasteiger partial charge in [0.1, 0.15) is 0 Å². The maximum absolute atomic E-state index is 12.9. The molecule has 36 heavy (non-hydrogen) atoms. The fourth-order valence-corrected chi connectivity index (χ4v) is 3.69. The van der Waals surface area contributed by atoms with Crippen molar-refractivity contribution in [2.75, 3.05) is 0 Å². The molecule has 3 aromatic carbocycles. The molecular weight excluding hydrogens is 456 g/mol. The minimum absolute atomic E-state index is 0.394. The number of hydrogen-bond acceptors (Lipinski definition) is 6. The molecule has 2 aromatic heterocycles. The van der Waals surface area contributed by atoms with Gasteiger partial charge in [0.15, 0.2) is 6.04 Å². The van der Waals surface area contributed by atoms with Crippen LogP contribution in [0, 0.1) is 0 Å². The molecule has 0 saturated carbocycles. The zero-order chi connectivity index (χ0) is 24.7. The van der Waals surface area contributed by atoms with Crippen molar-refractivity contribution in [3.63, 3.8) is 0 Å². The van der Waals surface area contributed by atoms with Gasteiger partial charge in [-0.3, -0.25) is 25.1 Å². The van der Waals surface area contributed by atoms with Crippen molar-refractivity contribution in [3.8, 4) is 11.4 Å². The first kappa shape index (κ1) is 22.7. The molecule has 0 bridgehead atoms. The molecule has 0 aliphatic rings. The Balaban J connectivity index is 1.20. The highest BCUT2D eigenvalue weighted by Gasteiger charge is 2.23. The highest BCUT2D eigenvalue weighted by Crippen LogP contribution is 2.17. The minimum atomic E-state index is -0.722. The Kier molecular flexibility index (Phi) is 6.57. The third kappa shape index (κ3) is 5.17. The molecule has 1 unspecified atom stereocenters. The number of hydrazine groups is 1. The number of carbonyl (C=O) groups excluding carboxylic acids is 2. The molecule has 0 aliphatic carbocycles.